The van der Waals surface area contributed by atoms with Gasteiger partial charge in [0.25, 0.3) is 0 Å². The molecule has 114 valence electrons. The van der Waals surface area contributed by atoms with Crippen molar-refractivity contribution in [2.45, 2.75) is 25.4 Å². The van der Waals surface area contributed by atoms with Crippen molar-refractivity contribution >= 4 is 29.2 Å². The van der Waals surface area contributed by atoms with Crippen LogP contribution in [0.1, 0.15) is 36.5 Å². The molecule has 0 spiro atoms. The summed E-state index contributed by atoms with van der Waals surface area (Å²) in [4.78, 5) is 16.2. The van der Waals surface area contributed by atoms with E-state index in [-0.39, 0.29) is 23.9 Å². The molecular weight excluding hydrogens is 321 g/mol. The largest absolute Gasteiger partial charge is 0.457 e. The molecule has 0 bridgehead atoms. The van der Waals surface area contributed by atoms with Crippen LogP contribution in [0.25, 0.3) is 0 Å². The fourth-order valence-electron chi connectivity index (χ4n) is 2.82. The second-order valence-electron chi connectivity index (χ2n) is 5.59. The molecule has 0 radical (unpaired) electrons. The average Bonchev–Trinajstić information content (AvgIpc) is 2.50. The first-order chi connectivity index (χ1) is 10.5. The van der Waals surface area contributed by atoms with Crippen molar-refractivity contribution < 1.29 is 9.53 Å². The predicted molar refractivity (Wildman–Crippen MR) is 86.1 cm³/mol. The topological polar surface area (TPSA) is 39.2 Å². The van der Waals surface area contributed by atoms with Gasteiger partial charge < -0.3 is 4.74 Å². The Hall–Kier alpha value is -1.58. The summed E-state index contributed by atoms with van der Waals surface area (Å²) in [6.07, 6.45) is 3.74. The van der Waals surface area contributed by atoms with Gasteiger partial charge in [0.2, 0.25) is 0 Å². The van der Waals surface area contributed by atoms with Gasteiger partial charge in [0.05, 0.1) is 10.9 Å². The van der Waals surface area contributed by atoms with Gasteiger partial charge in [0.15, 0.2) is 0 Å². The second-order valence-corrected chi connectivity index (χ2v) is 6.46. The van der Waals surface area contributed by atoms with Crippen LogP contribution in [0, 0.1) is 5.92 Å². The van der Waals surface area contributed by atoms with Gasteiger partial charge in [-0.15, -0.1) is 0 Å². The van der Waals surface area contributed by atoms with Gasteiger partial charge in [-0.2, -0.15) is 0 Å². The molecule has 1 fully saturated rings. The monoisotopic (exact) mass is 335 g/mol. The highest BCUT2D eigenvalue weighted by Crippen LogP contribution is 2.43. The van der Waals surface area contributed by atoms with Gasteiger partial charge in [-0.25, -0.2) is 0 Å². The smallest absolute Gasteiger partial charge is 0.309 e. The van der Waals surface area contributed by atoms with Crippen LogP contribution in [0.3, 0.4) is 0 Å². The highest BCUT2D eigenvalue weighted by molar-refractivity contribution is 6.30. The first-order valence-corrected chi connectivity index (χ1v) is 7.86. The molecule has 3 unspecified atom stereocenters. The summed E-state index contributed by atoms with van der Waals surface area (Å²) in [5.74, 6) is -0.293. The van der Waals surface area contributed by atoms with Crippen LogP contribution >= 0.6 is 23.2 Å². The van der Waals surface area contributed by atoms with E-state index in [2.05, 4.69) is 4.98 Å². The Morgan fingerprint density at radius 2 is 1.82 bits per heavy atom. The summed E-state index contributed by atoms with van der Waals surface area (Å²) < 4.78 is 5.68. The Balaban J connectivity index is 1.99. The van der Waals surface area contributed by atoms with E-state index in [1.54, 1.807) is 24.5 Å². The van der Waals surface area contributed by atoms with Crippen LogP contribution < -0.4 is 0 Å². The second kappa shape index (κ2) is 6.27. The van der Waals surface area contributed by atoms with Crippen molar-refractivity contribution in [3.8, 4) is 0 Å². The third kappa shape index (κ3) is 3.11. The molecule has 3 atom stereocenters. The standard InChI is InChI=1S/C17H15Cl2NO2/c1-10-6-15(12-7-14(19)9-20-8-12)16(22-17(10)21)11-2-4-13(18)5-3-11/h2-5,7-10,15-16H,6H2,1H3. The number of halogens is 2. The summed E-state index contributed by atoms with van der Waals surface area (Å²) in [6.45, 7) is 1.88. The molecule has 22 heavy (non-hydrogen) atoms. The molecule has 2 heterocycles. The first-order valence-electron chi connectivity index (χ1n) is 7.11. The number of rotatable bonds is 2. The van der Waals surface area contributed by atoms with E-state index in [9.17, 15) is 4.79 Å². The number of aromatic nitrogens is 1. The molecule has 1 aliphatic rings. The van der Waals surface area contributed by atoms with Gasteiger partial charge in [-0.05, 0) is 35.7 Å². The van der Waals surface area contributed by atoms with Crippen molar-refractivity contribution in [3.63, 3.8) is 0 Å². The van der Waals surface area contributed by atoms with Gasteiger partial charge in [-0.3, -0.25) is 9.78 Å². The Labute approximate surface area is 139 Å². The first kappa shape index (κ1) is 15.3. The number of ether oxygens (including phenoxy) is 1. The lowest BCUT2D eigenvalue weighted by atomic mass is 9.81. The molecule has 0 saturated carbocycles. The van der Waals surface area contributed by atoms with Crippen molar-refractivity contribution in [1.29, 1.82) is 0 Å². The van der Waals surface area contributed by atoms with Crippen LogP contribution in [-0.2, 0) is 9.53 Å². The van der Waals surface area contributed by atoms with E-state index >= 15 is 0 Å². The van der Waals surface area contributed by atoms with Crippen LogP contribution in [0.15, 0.2) is 42.7 Å². The zero-order valence-electron chi connectivity index (χ0n) is 12.0. The Bertz CT molecular complexity index is 687. The van der Waals surface area contributed by atoms with Gasteiger partial charge in [0.1, 0.15) is 6.10 Å². The van der Waals surface area contributed by atoms with E-state index in [4.69, 9.17) is 27.9 Å². The number of cyclic esters (lactones) is 1. The number of pyridine rings is 1. The van der Waals surface area contributed by atoms with Crippen LogP contribution in [0.5, 0.6) is 0 Å². The lowest BCUT2D eigenvalue weighted by Gasteiger charge is -2.34. The number of benzene rings is 1. The van der Waals surface area contributed by atoms with Crippen molar-refractivity contribution in [2.24, 2.45) is 5.92 Å². The number of carbonyl (C=O) groups excluding carboxylic acids is 1. The number of hydrogen-bond acceptors (Lipinski definition) is 3. The zero-order valence-corrected chi connectivity index (χ0v) is 13.5. The minimum Gasteiger partial charge on any atom is -0.457 e. The predicted octanol–water partition coefficient (Wildman–Crippen LogP) is 4.80. The summed E-state index contributed by atoms with van der Waals surface area (Å²) in [5, 5.41) is 1.23. The third-order valence-electron chi connectivity index (χ3n) is 3.97. The normalized spacial score (nSPS) is 24.9. The van der Waals surface area contributed by atoms with Crippen LogP contribution in [0.2, 0.25) is 10.0 Å². The fraction of sp³-hybridized carbons (Fsp3) is 0.294. The average molecular weight is 336 g/mol. The molecule has 1 aliphatic heterocycles. The van der Waals surface area contributed by atoms with Crippen LogP contribution in [-0.4, -0.2) is 11.0 Å². The lowest BCUT2D eigenvalue weighted by Crippen LogP contribution is -2.30. The number of hydrogen-bond donors (Lipinski definition) is 0. The van der Waals surface area contributed by atoms with Crippen molar-refractivity contribution in [2.75, 3.05) is 0 Å². The summed E-state index contributed by atoms with van der Waals surface area (Å²) >= 11 is 12.0. The molecule has 3 rings (SSSR count). The van der Waals surface area contributed by atoms with Crippen molar-refractivity contribution in [1.82, 2.24) is 4.98 Å². The SMILES string of the molecule is CC1CC(c2cncc(Cl)c2)C(c2ccc(Cl)cc2)OC1=O. The van der Waals surface area contributed by atoms with E-state index in [1.807, 2.05) is 25.1 Å². The highest BCUT2D eigenvalue weighted by atomic mass is 35.5. The Morgan fingerprint density at radius 1 is 1.09 bits per heavy atom. The highest BCUT2D eigenvalue weighted by Gasteiger charge is 2.37. The summed E-state index contributed by atoms with van der Waals surface area (Å²) in [6, 6.07) is 9.27. The Morgan fingerprint density at radius 3 is 2.50 bits per heavy atom. The Kier molecular flexibility index (Phi) is 4.37. The quantitative estimate of drug-likeness (QED) is 0.740. The number of nitrogens with zero attached hydrogens (tertiary/aromatic N) is 1. The summed E-state index contributed by atoms with van der Waals surface area (Å²) in [7, 11) is 0. The maximum Gasteiger partial charge on any atom is 0.309 e. The fourth-order valence-corrected chi connectivity index (χ4v) is 3.13. The zero-order chi connectivity index (χ0) is 15.7. The van der Waals surface area contributed by atoms with Crippen molar-refractivity contribution in [3.05, 3.63) is 63.9 Å². The maximum absolute atomic E-state index is 12.0. The molecule has 5 heteroatoms. The number of carbonyl (C=O) groups is 1. The summed E-state index contributed by atoms with van der Waals surface area (Å²) in [5.41, 5.74) is 1.90. The molecule has 0 aliphatic carbocycles. The van der Waals surface area contributed by atoms with E-state index in [0.717, 1.165) is 11.1 Å². The van der Waals surface area contributed by atoms with E-state index in [1.165, 1.54) is 0 Å². The van der Waals surface area contributed by atoms with E-state index < -0.39 is 0 Å². The molecular formula is C17H15Cl2NO2. The molecule has 1 aromatic heterocycles. The minimum atomic E-state index is -0.346. The minimum absolute atomic E-state index is 0.0278. The molecule has 0 N–H and O–H groups in total. The number of esters is 1. The molecule has 2 aromatic rings. The molecule has 1 saturated heterocycles. The lowest BCUT2D eigenvalue weighted by molar-refractivity contribution is -0.162. The van der Waals surface area contributed by atoms with E-state index in [0.29, 0.717) is 16.5 Å². The third-order valence-corrected chi connectivity index (χ3v) is 4.43. The van der Waals surface area contributed by atoms with Gasteiger partial charge in [0, 0.05) is 23.3 Å². The maximum atomic E-state index is 12.0. The van der Waals surface area contributed by atoms with Gasteiger partial charge in [-0.1, -0.05) is 42.3 Å². The molecule has 1 aromatic carbocycles. The molecule has 0 amide bonds. The molecule has 3 nitrogen and oxygen atoms in total. The van der Waals surface area contributed by atoms with Gasteiger partial charge >= 0.3 is 5.97 Å². The van der Waals surface area contributed by atoms with Crippen LogP contribution in [0.4, 0.5) is 0 Å².